The van der Waals surface area contributed by atoms with E-state index in [0.717, 1.165) is 13.1 Å². The number of carboxylic acid groups (broad SMARTS) is 1. The Morgan fingerprint density at radius 3 is 2.73 bits per heavy atom. The van der Waals surface area contributed by atoms with E-state index in [1.54, 1.807) is 0 Å². The zero-order valence-electron chi connectivity index (χ0n) is 6.54. The molecule has 0 saturated carbocycles. The van der Waals surface area contributed by atoms with E-state index >= 15 is 0 Å². The highest BCUT2D eigenvalue weighted by Gasteiger charge is 2.24. The summed E-state index contributed by atoms with van der Waals surface area (Å²) >= 11 is 0. The first kappa shape index (κ1) is 8.49. The predicted molar refractivity (Wildman–Crippen MR) is 39.5 cm³/mol. The van der Waals surface area contributed by atoms with Crippen LogP contribution in [0.1, 0.15) is 13.3 Å². The monoisotopic (exact) mass is 159 g/mol. The fourth-order valence-corrected chi connectivity index (χ4v) is 0.920. The molecule has 0 bridgehead atoms. The van der Waals surface area contributed by atoms with E-state index in [1.165, 1.54) is 0 Å². The lowest BCUT2D eigenvalue weighted by molar-refractivity contribution is -0.156. The minimum atomic E-state index is -0.862. The third kappa shape index (κ3) is 2.17. The van der Waals surface area contributed by atoms with Crippen molar-refractivity contribution in [1.82, 2.24) is 5.32 Å². The molecule has 1 saturated heterocycles. The summed E-state index contributed by atoms with van der Waals surface area (Å²) < 4.78 is 5.23. The molecule has 4 heteroatoms. The van der Waals surface area contributed by atoms with Crippen molar-refractivity contribution < 1.29 is 14.6 Å². The summed E-state index contributed by atoms with van der Waals surface area (Å²) in [5.41, 5.74) is 0. The Labute approximate surface area is 65.5 Å². The molecule has 0 spiro atoms. The van der Waals surface area contributed by atoms with Gasteiger partial charge < -0.3 is 15.2 Å². The third-order valence-corrected chi connectivity index (χ3v) is 1.75. The number of aliphatic carboxylic acids is 1. The van der Waals surface area contributed by atoms with Crippen LogP contribution in [0, 0.1) is 0 Å². The number of hydrogen-bond donors (Lipinski definition) is 2. The van der Waals surface area contributed by atoms with Crippen LogP contribution >= 0.6 is 0 Å². The van der Waals surface area contributed by atoms with Crippen molar-refractivity contribution in [3.63, 3.8) is 0 Å². The van der Waals surface area contributed by atoms with Gasteiger partial charge in [0.25, 0.3) is 0 Å². The molecule has 64 valence electrons. The van der Waals surface area contributed by atoms with Crippen molar-refractivity contribution in [2.45, 2.75) is 25.6 Å². The van der Waals surface area contributed by atoms with Gasteiger partial charge in [-0.15, -0.1) is 0 Å². The van der Waals surface area contributed by atoms with Crippen LogP contribution in [0.2, 0.25) is 0 Å². The quantitative estimate of drug-likeness (QED) is 0.598. The van der Waals surface area contributed by atoms with E-state index in [1.807, 2.05) is 6.92 Å². The standard InChI is InChI=1S/C7H13NO3/c1-2-6(7(9)10)11-5-3-8-4-5/h5-6,8H,2-4H2,1H3,(H,9,10). The highest BCUT2D eigenvalue weighted by molar-refractivity contribution is 5.72. The normalized spacial score (nSPS) is 20.8. The SMILES string of the molecule is CCC(OC1CNC1)C(=O)O. The minimum Gasteiger partial charge on any atom is -0.479 e. The summed E-state index contributed by atoms with van der Waals surface area (Å²) in [6, 6.07) is 0. The molecule has 1 rings (SSSR count). The van der Waals surface area contributed by atoms with Crippen molar-refractivity contribution in [1.29, 1.82) is 0 Å². The van der Waals surface area contributed by atoms with Gasteiger partial charge in [-0.1, -0.05) is 6.92 Å². The zero-order valence-corrected chi connectivity index (χ0v) is 6.54. The Morgan fingerprint density at radius 1 is 1.82 bits per heavy atom. The van der Waals surface area contributed by atoms with Crippen LogP contribution in [-0.4, -0.2) is 36.4 Å². The van der Waals surface area contributed by atoms with E-state index in [2.05, 4.69) is 5.32 Å². The number of hydrogen-bond acceptors (Lipinski definition) is 3. The van der Waals surface area contributed by atoms with Crippen LogP contribution in [-0.2, 0) is 9.53 Å². The Bertz CT molecular complexity index is 145. The fourth-order valence-electron chi connectivity index (χ4n) is 0.920. The molecular formula is C7H13NO3. The van der Waals surface area contributed by atoms with E-state index in [0.29, 0.717) is 6.42 Å². The van der Waals surface area contributed by atoms with Crippen LogP contribution in [0.4, 0.5) is 0 Å². The average molecular weight is 159 g/mol. The smallest absolute Gasteiger partial charge is 0.332 e. The first-order valence-corrected chi connectivity index (χ1v) is 3.83. The summed E-state index contributed by atoms with van der Waals surface area (Å²) in [4.78, 5) is 10.5. The number of carboxylic acids is 1. The van der Waals surface area contributed by atoms with Crippen LogP contribution < -0.4 is 5.32 Å². The molecule has 1 aliphatic heterocycles. The zero-order chi connectivity index (χ0) is 8.27. The van der Waals surface area contributed by atoms with Crippen LogP contribution in [0.5, 0.6) is 0 Å². The Morgan fingerprint density at radius 2 is 2.45 bits per heavy atom. The maximum atomic E-state index is 10.5. The molecule has 1 fully saturated rings. The first-order valence-electron chi connectivity index (χ1n) is 3.83. The number of ether oxygens (including phenoxy) is 1. The van der Waals surface area contributed by atoms with Crippen molar-refractivity contribution in [3.05, 3.63) is 0 Å². The highest BCUT2D eigenvalue weighted by atomic mass is 16.5. The number of rotatable bonds is 4. The Kier molecular flexibility index (Phi) is 2.84. The van der Waals surface area contributed by atoms with Crippen molar-refractivity contribution in [2.24, 2.45) is 0 Å². The molecule has 1 unspecified atom stereocenters. The molecule has 0 aliphatic carbocycles. The van der Waals surface area contributed by atoms with Gasteiger partial charge in [-0.05, 0) is 6.42 Å². The van der Waals surface area contributed by atoms with Gasteiger partial charge in [0.2, 0.25) is 0 Å². The van der Waals surface area contributed by atoms with Crippen LogP contribution in [0.25, 0.3) is 0 Å². The summed E-state index contributed by atoms with van der Waals surface area (Å²) in [5, 5.41) is 11.6. The van der Waals surface area contributed by atoms with E-state index in [4.69, 9.17) is 9.84 Å². The lowest BCUT2D eigenvalue weighted by Crippen LogP contribution is -2.50. The molecule has 0 aromatic rings. The molecule has 0 aromatic carbocycles. The fraction of sp³-hybridized carbons (Fsp3) is 0.857. The first-order chi connectivity index (χ1) is 5.24. The van der Waals surface area contributed by atoms with Crippen molar-refractivity contribution in [2.75, 3.05) is 13.1 Å². The summed E-state index contributed by atoms with van der Waals surface area (Å²) in [6.45, 7) is 3.37. The Balaban J connectivity index is 2.24. The predicted octanol–water partition coefficient (Wildman–Crippen LogP) is -0.162. The Hall–Kier alpha value is -0.610. The summed E-state index contributed by atoms with van der Waals surface area (Å²) in [5.74, 6) is -0.862. The molecule has 4 nitrogen and oxygen atoms in total. The summed E-state index contributed by atoms with van der Waals surface area (Å²) in [6.07, 6.45) is 0.0180. The van der Waals surface area contributed by atoms with Gasteiger partial charge in [0, 0.05) is 13.1 Å². The topological polar surface area (TPSA) is 58.6 Å². The molecule has 11 heavy (non-hydrogen) atoms. The average Bonchev–Trinajstić information content (AvgIpc) is 1.85. The molecule has 1 atom stereocenters. The molecule has 1 aliphatic rings. The number of nitrogens with one attached hydrogen (secondary N) is 1. The summed E-state index contributed by atoms with van der Waals surface area (Å²) in [7, 11) is 0. The molecule has 0 aromatic heterocycles. The maximum absolute atomic E-state index is 10.5. The lowest BCUT2D eigenvalue weighted by atomic mass is 10.2. The molecule has 0 radical (unpaired) electrons. The minimum absolute atomic E-state index is 0.107. The van der Waals surface area contributed by atoms with Gasteiger partial charge in [-0.3, -0.25) is 0 Å². The molecule has 0 amide bonds. The largest absolute Gasteiger partial charge is 0.479 e. The van der Waals surface area contributed by atoms with Gasteiger partial charge in [0.15, 0.2) is 6.10 Å². The van der Waals surface area contributed by atoms with E-state index in [9.17, 15) is 4.79 Å². The van der Waals surface area contributed by atoms with Gasteiger partial charge in [-0.2, -0.15) is 0 Å². The van der Waals surface area contributed by atoms with Crippen molar-refractivity contribution in [3.8, 4) is 0 Å². The molecular weight excluding hydrogens is 146 g/mol. The van der Waals surface area contributed by atoms with Gasteiger partial charge >= 0.3 is 5.97 Å². The molecule has 1 heterocycles. The lowest BCUT2D eigenvalue weighted by Gasteiger charge is -2.29. The van der Waals surface area contributed by atoms with E-state index in [-0.39, 0.29) is 6.10 Å². The highest BCUT2D eigenvalue weighted by Crippen LogP contribution is 2.06. The van der Waals surface area contributed by atoms with Crippen LogP contribution in [0.15, 0.2) is 0 Å². The molecule has 2 N–H and O–H groups in total. The van der Waals surface area contributed by atoms with Gasteiger partial charge in [0.1, 0.15) is 0 Å². The second-order valence-electron chi connectivity index (χ2n) is 2.65. The second kappa shape index (κ2) is 3.69. The second-order valence-corrected chi connectivity index (χ2v) is 2.65. The van der Waals surface area contributed by atoms with Gasteiger partial charge in [-0.25, -0.2) is 4.79 Å². The van der Waals surface area contributed by atoms with E-state index < -0.39 is 12.1 Å². The van der Waals surface area contributed by atoms with Crippen molar-refractivity contribution >= 4 is 5.97 Å². The number of carbonyl (C=O) groups is 1. The van der Waals surface area contributed by atoms with Gasteiger partial charge in [0.05, 0.1) is 6.10 Å². The van der Waals surface area contributed by atoms with Crippen LogP contribution in [0.3, 0.4) is 0 Å². The maximum Gasteiger partial charge on any atom is 0.332 e. The third-order valence-electron chi connectivity index (χ3n) is 1.75.